The van der Waals surface area contributed by atoms with Crippen molar-refractivity contribution in [3.05, 3.63) is 61.8 Å². The van der Waals surface area contributed by atoms with E-state index in [0.717, 1.165) is 16.3 Å². The number of thioether (sulfide) groups is 1. The summed E-state index contributed by atoms with van der Waals surface area (Å²) in [5, 5.41) is 14.8. The van der Waals surface area contributed by atoms with Gasteiger partial charge in [-0.15, -0.1) is 11.8 Å². The number of carboxylic acids is 1. The van der Waals surface area contributed by atoms with Gasteiger partial charge in [0.05, 0.1) is 17.1 Å². The number of carboxylic acid groups (broad SMARTS) is 1. The van der Waals surface area contributed by atoms with Crippen LogP contribution in [0.2, 0.25) is 0 Å². The fraction of sp³-hybridized carbons (Fsp3) is 0.222. The molecule has 1 aliphatic rings. The summed E-state index contributed by atoms with van der Waals surface area (Å²) in [6.45, 7) is 2.33. The lowest BCUT2D eigenvalue weighted by molar-refractivity contribution is -0.132. The van der Waals surface area contributed by atoms with E-state index < -0.39 is 17.2 Å². The highest BCUT2D eigenvalue weighted by atomic mass is 32.2. The van der Waals surface area contributed by atoms with Crippen LogP contribution >= 0.6 is 11.8 Å². The SMILES string of the molecule is CCNC(=O)Nc1ccc(Cn2c(=O)[nH]c3c(c2=O)C=C(C(=O)O)CS3)cc1. The first-order chi connectivity index (χ1) is 13.4. The Labute approximate surface area is 163 Å². The van der Waals surface area contributed by atoms with Crippen molar-refractivity contribution in [1.29, 1.82) is 0 Å². The molecule has 4 N–H and O–H groups in total. The molecule has 1 aromatic heterocycles. The molecular weight excluding hydrogens is 384 g/mol. The second-order valence-corrected chi connectivity index (χ2v) is 6.99. The van der Waals surface area contributed by atoms with Gasteiger partial charge in [0.1, 0.15) is 0 Å². The van der Waals surface area contributed by atoms with Crippen LogP contribution in [-0.4, -0.2) is 39.0 Å². The number of hydrogen-bond donors (Lipinski definition) is 4. The molecule has 0 fully saturated rings. The van der Waals surface area contributed by atoms with E-state index >= 15 is 0 Å². The zero-order chi connectivity index (χ0) is 20.3. The molecule has 28 heavy (non-hydrogen) atoms. The lowest BCUT2D eigenvalue weighted by Crippen LogP contribution is -2.38. The van der Waals surface area contributed by atoms with E-state index in [1.54, 1.807) is 24.3 Å². The van der Waals surface area contributed by atoms with Crippen LogP contribution < -0.4 is 21.9 Å². The first kappa shape index (κ1) is 19.5. The molecule has 0 bridgehead atoms. The number of rotatable bonds is 5. The molecule has 0 saturated carbocycles. The van der Waals surface area contributed by atoms with E-state index in [0.29, 0.717) is 22.8 Å². The third-order valence-corrected chi connectivity index (χ3v) is 5.11. The van der Waals surface area contributed by atoms with Gasteiger partial charge in [-0.2, -0.15) is 0 Å². The molecule has 3 rings (SSSR count). The van der Waals surface area contributed by atoms with E-state index in [9.17, 15) is 19.2 Å². The van der Waals surface area contributed by atoms with Gasteiger partial charge in [0, 0.05) is 23.6 Å². The normalized spacial score (nSPS) is 12.7. The molecule has 10 heteroatoms. The van der Waals surface area contributed by atoms with Crippen LogP contribution in [0.4, 0.5) is 10.5 Å². The minimum Gasteiger partial charge on any atom is -0.478 e. The number of aromatic amines is 1. The molecule has 1 aliphatic heterocycles. The Balaban J connectivity index is 1.87. The standard InChI is InChI=1S/C18H18N4O5S/c1-2-19-17(26)20-12-5-3-10(4-6-12)8-22-15(23)13-7-11(16(24)25)9-28-14(13)21-18(22)27/h3-7H,2,8-9H2,1H3,(H,21,27)(H,24,25)(H2,19,20,26). The number of carbonyl (C=O) groups excluding carboxylic acids is 1. The highest BCUT2D eigenvalue weighted by Gasteiger charge is 2.21. The number of nitrogens with one attached hydrogen (secondary N) is 3. The fourth-order valence-electron chi connectivity index (χ4n) is 2.65. The van der Waals surface area contributed by atoms with Crippen molar-refractivity contribution in [2.24, 2.45) is 0 Å². The number of amides is 2. The smallest absolute Gasteiger partial charge is 0.332 e. The average Bonchev–Trinajstić information content (AvgIpc) is 2.66. The molecule has 146 valence electrons. The van der Waals surface area contributed by atoms with Crippen LogP contribution in [0.15, 0.2) is 44.5 Å². The van der Waals surface area contributed by atoms with Crippen molar-refractivity contribution in [2.45, 2.75) is 18.5 Å². The Hall–Kier alpha value is -3.27. The number of carbonyl (C=O) groups is 2. The van der Waals surface area contributed by atoms with E-state index in [1.807, 2.05) is 6.92 Å². The maximum Gasteiger partial charge on any atom is 0.332 e. The van der Waals surface area contributed by atoms with E-state index in [-0.39, 0.29) is 29.5 Å². The first-order valence-electron chi connectivity index (χ1n) is 8.46. The number of benzene rings is 1. The van der Waals surface area contributed by atoms with Crippen LogP contribution in [0.1, 0.15) is 18.1 Å². The monoisotopic (exact) mass is 402 g/mol. The average molecular weight is 402 g/mol. The minimum atomic E-state index is -1.09. The molecule has 2 amide bonds. The maximum atomic E-state index is 12.7. The summed E-state index contributed by atoms with van der Waals surface area (Å²) in [5.74, 6) is -0.910. The van der Waals surface area contributed by atoms with Crippen molar-refractivity contribution < 1.29 is 14.7 Å². The van der Waals surface area contributed by atoms with E-state index in [1.165, 1.54) is 6.08 Å². The van der Waals surface area contributed by atoms with Gasteiger partial charge < -0.3 is 20.7 Å². The summed E-state index contributed by atoms with van der Waals surface area (Å²) in [5.41, 5.74) is 0.422. The summed E-state index contributed by atoms with van der Waals surface area (Å²) >= 11 is 1.12. The zero-order valence-corrected chi connectivity index (χ0v) is 15.8. The second-order valence-electron chi connectivity index (χ2n) is 6.01. The van der Waals surface area contributed by atoms with Gasteiger partial charge in [0.15, 0.2) is 0 Å². The predicted octanol–water partition coefficient (Wildman–Crippen LogP) is 1.30. The molecular formula is C18H18N4O5S. The quantitative estimate of drug-likeness (QED) is 0.557. The van der Waals surface area contributed by atoms with Crippen LogP contribution in [0.25, 0.3) is 6.08 Å². The van der Waals surface area contributed by atoms with Crippen molar-refractivity contribution >= 4 is 35.5 Å². The van der Waals surface area contributed by atoms with Crippen molar-refractivity contribution in [3.8, 4) is 0 Å². The van der Waals surface area contributed by atoms with Crippen molar-refractivity contribution in [1.82, 2.24) is 14.9 Å². The molecule has 0 radical (unpaired) electrons. The van der Waals surface area contributed by atoms with Gasteiger partial charge in [-0.25, -0.2) is 14.4 Å². The summed E-state index contributed by atoms with van der Waals surface area (Å²) in [7, 11) is 0. The molecule has 0 atom stereocenters. The Morgan fingerprint density at radius 2 is 1.96 bits per heavy atom. The van der Waals surface area contributed by atoms with Gasteiger partial charge in [0.2, 0.25) is 0 Å². The van der Waals surface area contributed by atoms with Crippen LogP contribution in [0, 0.1) is 0 Å². The third kappa shape index (κ3) is 4.17. The highest BCUT2D eigenvalue weighted by Crippen LogP contribution is 2.27. The Bertz CT molecular complexity index is 1070. The number of H-pyrrole nitrogens is 1. The Kier molecular flexibility index (Phi) is 5.69. The number of hydrogen-bond acceptors (Lipinski definition) is 5. The fourth-order valence-corrected chi connectivity index (χ4v) is 3.62. The third-order valence-electron chi connectivity index (χ3n) is 4.04. The zero-order valence-electron chi connectivity index (χ0n) is 14.9. The lowest BCUT2D eigenvalue weighted by Gasteiger charge is -2.14. The van der Waals surface area contributed by atoms with Gasteiger partial charge in [-0.05, 0) is 30.7 Å². The lowest BCUT2D eigenvalue weighted by atomic mass is 10.2. The minimum absolute atomic E-state index is 0.0177. The number of fused-ring (bicyclic) bond motifs is 1. The number of urea groups is 1. The second kappa shape index (κ2) is 8.17. The summed E-state index contributed by atoms with van der Waals surface area (Å²) in [6, 6.07) is 6.40. The molecule has 1 aromatic carbocycles. The summed E-state index contributed by atoms with van der Waals surface area (Å²) < 4.78 is 1.02. The number of aromatic nitrogens is 2. The van der Waals surface area contributed by atoms with E-state index in [2.05, 4.69) is 15.6 Å². The van der Waals surface area contributed by atoms with Gasteiger partial charge in [0.25, 0.3) is 5.56 Å². The first-order valence-corrected chi connectivity index (χ1v) is 9.45. The van der Waals surface area contributed by atoms with Gasteiger partial charge in [-0.1, -0.05) is 12.1 Å². The van der Waals surface area contributed by atoms with E-state index in [4.69, 9.17) is 5.11 Å². The largest absolute Gasteiger partial charge is 0.478 e. The molecule has 0 spiro atoms. The predicted molar refractivity (Wildman–Crippen MR) is 106 cm³/mol. The van der Waals surface area contributed by atoms with Crippen molar-refractivity contribution in [3.63, 3.8) is 0 Å². The number of aliphatic carboxylic acids is 1. The topological polar surface area (TPSA) is 133 Å². The maximum absolute atomic E-state index is 12.7. The van der Waals surface area contributed by atoms with Gasteiger partial charge >= 0.3 is 17.7 Å². The Morgan fingerprint density at radius 3 is 2.61 bits per heavy atom. The molecule has 0 saturated heterocycles. The molecule has 2 heterocycles. The van der Waals surface area contributed by atoms with Crippen LogP contribution in [-0.2, 0) is 11.3 Å². The molecule has 9 nitrogen and oxygen atoms in total. The number of anilines is 1. The highest BCUT2D eigenvalue weighted by molar-refractivity contribution is 7.99. The number of nitrogens with zero attached hydrogens (tertiary/aromatic N) is 1. The Morgan fingerprint density at radius 1 is 1.25 bits per heavy atom. The molecule has 0 aliphatic carbocycles. The molecule has 0 unspecified atom stereocenters. The van der Waals surface area contributed by atoms with Gasteiger partial charge in [-0.3, -0.25) is 9.36 Å². The van der Waals surface area contributed by atoms with Crippen molar-refractivity contribution in [2.75, 3.05) is 17.6 Å². The van der Waals surface area contributed by atoms with Crippen LogP contribution in [0.3, 0.4) is 0 Å². The van der Waals surface area contributed by atoms with Crippen LogP contribution in [0.5, 0.6) is 0 Å². The molecule has 2 aromatic rings. The summed E-state index contributed by atoms with van der Waals surface area (Å²) in [6.07, 6.45) is 1.31. The summed E-state index contributed by atoms with van der Waals surface area (Å²) in [4.78, 5) is 50.4.